The van der Waals surface area contributed by atoms with Gasteiger partial charge >= 0.3 is 0 Å². The van der Waals surface area contributed by atoms with Crippen molar-refractivity contribution < 1.29 is 13.2 Å². The van der Waals surface area contributed by atoms with Crippen molar-refractivity contribution in [3.8, 4) is 11.5 Å². The lowest BCUT2D eigenvalue weighted by atomic mass is 10.3. The van der Waals surface area contributed by atoms with E-state index in [2.05, 4.69) is 20.3 Å². The number of halogens is 2. The highest BCUT2D eigenvalue weighted by Gasteiger charge is 2.15. The highest BCUT2D eigenvalue weighted by molar-refractivity contribution is 5.50. The topological polar surface area (TPSA) is 69.6 Å². The van der Waals surface area contributed by atoms with Crippen molar-refractivity contribution in [2.75, 3.05) is 0 Å². The fourth-order valence-electron chi connectivity index (χ4n) is 1.86. The van der Waals surface area contributed by atoms with Gasteiger partial charge in [-0.15, -0.1) is 10.2 Å². The fourth-order valence-corrected chi connectivity index (χ4v) is 1.86. The molecule has 108 valence electrons. The second kappa shape index (κ2) is 5.39. The van der Waals surface area contributed by atoms with Crippen LogP contribution < -0.4 is 0 Å². The molecule has 0 fully saturated rings. The van der Waals surface area contributed by atoms with Gasteiger partial charge in [-0.2, -0.15) is 5.10 Å². The van der Waals surface area contributed by atoms with E-state index >= 15 is 0 Å². The molecule has 0 saturated heterocycles. The molecular weight excluding hydrogens is 280 g/mol. The van der Waals surface area contributed by atoms with Crippen LogP contribution >= 0.6 is 0 Å². The summed E-state index contributed by atoms with van der Waals surface area (Å²) in [5.41, 5.74) is 1.09. The lowest BCUT2D eigenvalue weighted by Gasteiger charge is -1.99. The van der Waals surface area contributed by atoms with Gasteiger partial charge in [0.2, 0.25) is 11.8 Å². The lowest BCUT2D eigenvalue weighted by molar-refractivity contribution is 0.145. The molecule has 0 saturated carbocycles. The molecular formula is C13H11F2N5O. The SMILES string of the molecule is Cc1cc(C(F)F)nn1Cc1nnc(-c2ccncc2)o1. The van der Waals surface area contributed by atoms with Crippen LogP contribution in [0, 0.1) is 6.92 Å². The molecule has 0 bridgehead atoms. The van der Waals surface area contributed by atoms with Crippen LogP contribution in [0.2, 0.25) is 0 Å². The van der Waals surface area contributed by atoms with E-state index in [1.54, 1.807) is 31.5 Å². The van der Waals surface area contributed by atoms with Gasteiger partial charge < -0.3 is 4.42 Å². The summed E-state index contributed by atoms with van der Waals surface area (Å²) in [6.45, 7) is 1.84. The van der Waals surface area contributed by atoms with Crippen LogP contribution in [-0.4, -0.2) is 25.0 Å². The summed E-state index contributed by atoms with van der Waals surface area (Å²) in [6.07, 6.45) is 0.636. The second-order valence-corrected chi connectivity index (χ2v) is 4.41. The number of hydrogen-bond donors (Lipinski definition) is 0. The molecule has 0 aliphatic heterocycles. The third-order valence-corrected chi connectivity index (χ3v) is 2.90. The Balaban J connectivity index is 1.82. The molecule has 3 aromatic rings. The average molecular weight is 291 g/mol. The number of nitrogens with zero attached hydrogens (tertiary/aromatic N) is 5. The standard InChI is InChI=1S/C13H11F2N5O/c1-8-6-10(12(14)15)19-20(8)7-11-17-18-13(21-11)9-2-4-16-5-3-9/h2-6,12H,7H2,1H3. The van der Waals surface area contributed by atoms with E-state index in [0.29, 0.717) is 17.5 Å². The van der Waals surface area contributed by atoms with Crippen molar-refractivity contribution in [2.24, 2.45) is 0 Å². The first kappa shape index (κ1) is 13.3. The summed E-state index contributed by atoms with van der Waals surface area (Å²) in [7, 11) is 0. The molecule has 0 N–H and O–H groups in total. The quantitative estimate of drug-likeness (QED) is 0.739. The number of alkyl halides is 2. The molecule has 0 atom stereocenters. The average Bonchev–Trinajstić information content (AvgIpc) is 3.08. The molecule has 0 amide bonds. The van der Waals surface area contributed by atoms with Crippen molar-refractivity contribution >= 4 is 0 Å². The van der Waals surface area contributed by atoms with Gasteiger partial charge in [0.05, 0.1) is 0 Å². The van der Waals surface area contributed by atoms with Crippen LogP contribution in [0.25, 0.3) is 11.5 Å². The zero-order valence-electron chi connectivity index (χ0n) is 11.1. The van der Waals surface area contributed by atoms with Gasteiger partial charge in [0.25, 0.3) is 6.43 Å². The van der Waals surface area contributed by atoms with Crippen molar-refractivity contribution in [1.29, 1.82) is 0 Å². The van der Waals surface area contributed by atoms with Crippen LogP contribution in [-0.2, 0) is 6.54 Å². The highest BCUT2D eigenvalue weighted by Crippen LogP contribution is 2.20. The largest absolute Gasteiger partial charge is 0.419 e. The maximum absolute atomic E-state index is 12.6. The van der Waals surface area contributed by atoms with E-state index in [1.807, 2.05) is 0 Å². The van der Waals surface area contributed by atoms with E-state index in [-0.39, 0.29) is 12.2 Å². The van der Waals surface area contributed by atoms with E-state index in [4.69, 9.17) is 4.42 Å². The Morgan fingerprint density at radius 3 is 2.67 bits per heavy atom. The summed E-state index contributed by atoms with van der Waals surface area (Å²) >= 11 is 0. The minimum Gasteiger partial charge on any atom is -0.419 e. The molecule has 0 spiro atoms. The molecule has 3 aromatic heterocycles. The molecule has 3 rings (SSSR count). The number of pyridine rings is 1. The number of aryl methyl sites for hydroxylation is 1. The maximum atomic E-state index is 12.6. The van der Waals surface area contributed by atoms with E-state index in [0.717, 1.165) is 5.56 Å². The summed E-state index contributed by atoms with van der Waals surface area (Å²) in [5.74, 6) is 0.653. The Bertz CT molecular complexity index is 738. The van der Waals surface area contributed by atoms with E-state index in [1.165, 1.54) is 10.7 Å². The smallest absolute Gasteiger partial charge is 0.282 e. The van der Waals surface area contributed by atoms with E-state index in [9.17, 15) is 8.78 Å². The van der Waals surface area contributed by atoms with Crippen LogP contribution in [0.5, 0.6) is 0 Å². The summed E-state index contributed by atoms with van der Waals surface area (Å²) < 4.78 is 32.1. The van der Waals surface area contributed by atoms with E-state index < -0.39 is 6.43 Å². The minimum absolute atomic E-state index is 0.149. The molecule has 6 nitrogen and oxygen atoms in total. The molecule has 0 unspecified atom stereocenters. The second-order valence-electron chi connectivity index (χ2n) is 4.41. The molecule has 0 radical (unpaired) electrons. The zero-order chi connectivity index (χ0) is 14.8. The van der Waals surface area contributed by atoms with Crippen molar-refractivity contribution in [1.82, 2.24) is 25.0 Å². The first-order chi connectivity index (χ1) is 10.1. The third-order valence-electron chi connectivity index (χ3n) is 2.90. The molecule has 3 heterocycles. The van der Waals surface area contributed by atoms with Crippen LogP contribution in [0.4, 0.5) is 8.78 Å². The van der Waals surface area contributed by atoms with Gasteiger partial charge in [-0.25, -0.2) is 8.78 Å². The normalized spacial score (nSPS) is 11.2. The summed E-state index contributed by atoms with van der Waals surface area (Å²) in [4.78, 5) is 3.90. The first-order valence-electron chi connectivity index (χ1n) is 6.19. The summed E-state index contributed by atoms with van der Waals surface area (Å²) in [6, 6.07) is 4.82. The molecule has 8 heteroatoms. The molecule has 0 aliphatic rings. The monoisotopic (exact) mass is 291 g/mol. The maximum Gasteiger partial charge on any atom is 0.282 e. The predicted molar refractivity (Wildman–Crippen MR) is 68.6 cm³/mol. The number of aromatic nitrogens is 5. The Morgan fingerprint density at radius 1 is 1.24 bits per heavy atom. The zero-order valence-corrected chi connectivity index (χ0v) is 11.1. The predicted octanol–water partition coefficient (Wildman–Crippen LogP) is 2.62. The minimum atomic E-state index is -2.60. The Labute approximate surface area is 118 Å². The van der Waals surface area contributed by atoms with Crippen molar-refractivity contribution in [3.63, 3.8) is 0 Å². The first-order valence-corrected chi connectivity index (χ1v) is 6.19. The lowest BCUT2D eigenvalue weighted by Crippen LogP contribution is -2.04. The van der Waals surface area contributed by atoms with Gasteiger partial charge in [0.15, 0.2) is 0 Å². The fraction of sp³-hybridized carbons (Fsp3) is 0.231. The van der Waals surface area contributed by atoms with Crippen LogP contribution in [0.15, 0.2) is 35.0 Å². The van der Waals surface area contributed by atoms with Gasteiger partial charge in [0.1, 0.15) is 12.2 Å². The van der Waals surface area contributed by atoms with Gasteiger partial charge in [-0.05, 0) is 25.1 Å². The highest BCUT2D eigenvalue weighted by atomic mass is 19.3. The van der Waals surface area contributed by atoms with Crippen LogP contribution in [0.3, 0.4) is 0 Å². The summed E-state index contributed by atoms with van der Waals surface area (Å²) in [5, 5.41) is 11.6. The number of hydrogen-bond acceptors (Lipinski definition) is 5. The van der Waals surface area contributed by atoms with Crippen molar-refractivity contribution in [3.05, 3.63) is 47.9 Å². The van der Waals surface area contributed by atoms with Gasteiger partial charge in [-0.1, -0.05) is 0 Å². The Kier molecular flexibility index (Phi) is 3.43. The van der Waals surface area contributed by atoms with Gasteiger partial charge in [0, 0.05) is 23.7 Å². The molecule has 0 aromatic carbocycles. The molecule has 0 aliphatic carbocycles. The van der Waals surface area contributed by atoms with Crippen LogP contribution in [0.1, 0.15) is 23.7 Å². The third kappa shape index (κ3) is 2.78. The van der Waals surface area contributed by atoms with Gasteiger partial charge in [-0.3, -0.25) is 9.67 Å². The Hall–Kier alpha value is -2.64. The number of rotatable bonds is 4. The molecule has 21 heavy (non-hydrogen) atoms. The Morgan fingerprint density at radius 2 is 2.00 bits per heavy atom. The van der Waals surface area contributed by atoms with Crippen molar-refractivity contribution in [2.45, 2.75) is 19.9 Å².